The van der Waals surface area contributed by atoms with Gasteiger partial charge in [0, 0.05) is 18.1 Å². The molecule has 23 heavy (non-hydrogen) atoms. The molecule has 0 unspecified atom stereocenters. The van der Waals surface area contributed by atoms with Crippen molar-refractivity contribution >= 4 is 0 Å². The lowest BCUT2D eigenvalue weighted by atomic mass is 9.91. The van der Waals surface area contributed by atoms with Crippen molar-refractivity contribution in [3.8, 4) is 17.2 Å². The van der Waals surface area contributed by atoms with Gasteiger partial charge in [0.05, 0.1) is 7.11 Å². The van der Waals surface area contributed by atoms with Crippen molar-refractivity contribution in [3.05, 3.63) is 53.1 Å². The third-order valence-electron chi connectivity index (χ3n) is 4.43. The maximum atomic E-state index is 9.75. The molecular formula is C19H22O4. The van der Waals surface area contributed by atoms with E-state index in [0.717, 1.165) is 24.2 Å². The molecule has 2 N–H and O–H groups in total. The van der Waals surface area contributed by atoms with Crippen LogP contribution in [0.4, 0.5) is 0 Å². The number of hydrogen-bond donors (Lipinski definition) is 2. The smallest absolute Gasteiger partial charge is 0.160 e. The highest BCUT2D eigenvalue weighted by molar-refractivity contribution is 5.48. The molecule has 1 heterocycles. The van der Waals surface area contributed by atoms with Crippen LogP contribution in [0.15, 0.2) is 36.4 Å². The summed E-state index contributed by atoms with van der Waals surface area (Å²) in [5, 5.41) is 18.7. The van der Waals surface area contributed by atoms with Crippen LogP contribution in [0, 0.1) is 0 Å². The van der Waals surface area contributed by atoms with Crippen molar-refractivity contribution in [2.24, 2.45) is 0 Å². The zero-order valence-corrected chi connectivity index (χ0v) is 13.5. The van der Waals surface area contributed by atoms with Gasteiger partial charge in [-0.1, -0.05) is 25.1 Å². The summed E-state index contributed by atoms with van der Waals surface area (Å²) in [5.74, 6) is 1.71. The highest BCUT2D eigenvalue weighted by Crippen LogP contribution is 2.47. The number of aryl methyl sites for hydroxylation is 1. The van der Waals surface area contributed by atoms with Crippen LogP contribution in [0.3, 0.4) is 0 Å². The summed E-state index contributed by atoms with van der Waals surface area (Å²) in [5.41, 5.74) is 3.40. The molecular weight excluding hydrogens is 292 g/mol. The molecule has 4 heteroatoms. The molecule has 4 nitrogen and oxygen atoms in total. The van der Waals surface area contributed by atoms with Gasteiger partial charge in [-0.15, -0.1) is 0 Å². The molecule has 2 atom stereocenters. The number of hydrogen-bond acceptors (Lipinski definition) is 4. The number of fused-ring (bicyclic) bond motifs is 1. The average molecular weight is 314 g/mol. The van der Waals surface area contributed by atoms with Gasteiger partial charge in [-0.05, 0) is 42.2 Å². The number of methoxy groups -OCH3 is 1. The third kappa shape index (κ3) is 2.99. The Morgan fingerprint density at radius 2 is 2.00 bits per heavy atom. The van der Waals surface area contributed by atoms with Crippen molar-refractivity contribution in [1.82, 2.24) is 0 Å². The maximum absolute atomic E-state index is 9.75. The summed E-state index contributed by atoms with van der Waals surface area (Å²) in [6.07, 6.45) is 1.55. The lowest BCUT2D eigenvalue weighted by Crippen LogP contribution is -2.07. The van der Waals surface area contributed by atoms with E-state index in [9.17, 15) is 5.11 Å². The minimum atomic E-state index is -0.0902. The standard InChI is InChI=1S/C19H22O4/c1-12-15-10-13(4-3-9-20)5-8-17(15)23-19(12)14-6-7-16(21)18(11-14)22-2/h5-8,10-12,19-21H,3-4,9H2,1-2H3/t12-,19-/m0/s1. The Bertz CT molecular complexity index is 696. The van der Waals surface area contributed by atoms with Crippen molar-refractivity contribution in [2.75, 3.05) is 13.7 Å². The first-order chi connectivity index (χ1) is 11.1. The first-order valence-electron chi connectivity index (χ1n) is 7.91. The molecule has 0 aliphatic carbocycles. The lowest BCUT2D eigenvalue weighted by Gasteiger charge is -2.17. The van der Waals surface area contributed by atoms with Crippen LogP contribution in [0.2, 0.25) is 0 Å². The van der Waals surface area contributed by atoms with Crippen LogP contribution >= 0.6 is 0 Å². The minimum absolute atomic E-state index is 0.0902. The Hall–Kier alpha value is -2.20. The van der Waals surface area contributed by atoms with Gasteiger partial charge in [0.25, 0.3) is 0 Å². The summed E-state index contributed by atoms with van der Waals surface area (Å²) < 4.78 is 11.3. The van der Waals surface area contributed by atoms with E-state index in [4.69, 9.17) is 14.6 Å². The van der Waals surface area contributed by atoms with Gasteiger partial charge < -0.3 is 19.7 Å². The fourth-order valence-corrected chi connectivity index (χ4v) is 3.13. The number of phenolic OH excluding ortho intramolecular Hbond substituents is 1. The summed E-state index contributed by atoms with van der Waals surface area (Å²) in [4.78, 5) is 0. The van der Waals surface area contributed by atoms with Crippen molar-refractivity contribution in [3.63, 3.8) is 0 Å². The molecule has 2 aromatic rings. The van der Waals surface area contributed by atoms with Crippen LogP contribution in [-0.2, 0) is 6.42 Å². The molecule has 0 spiro atoms. The van der Waals surface area contributed by atoms with Gasteiger partial charge in [-0.2, -0.15) is 0 Å². The van der Waals surface area contributed by atoms with Gasteiger partial charge in [0.1, 0.15) is 11.9 Å². The Morgan fingerprint density at radius 3 is 2.74 bits per heavy atom. The predicted octanol–water partition coefficient (Wildman–Crippen LogP) is 3.56. The molecule has 0 saturated heterocycles. The Labute approximate surface area is 136 Å². The Morgan fingerprint density at radius 1 is 1.17 bits per heavy atom. The fourth-order valence-electron chi connectivity index (χ4n) is 3.13. The van der Waals surface area contributed by atoms with E-state index in [2.05, 4.69) is 19.1 Å². The summed E-state index contributed by atoms with van der Waals surface area (Å²) in [6, 6.07) is 11.6. The molecule has 0 amide bonds. The molecule has 1 aliphatic rings. The summed E-state index contributed by atoms with van der Waals surface area (Å²) in [7, 11) is 1.54. The third-order valence-corrected chi connectivity index (χ3v) is 4.43. The molecule has 0 aromatic heterocycles. The SMILES string of the molecule is COc1cc([C@H]2Oc3ccc(CCCO)cc3[C@@H]2C)ccc1O. The van der Waals surface area contributed by atoms with Gasteiger partial charge in [-0.25, -0.2) is 0 Å². The predicted molar refractivity (Wildman–Crippen MR) is 88.3 cm³/mol. The molecule has 0 saturated carbocycles. The number of ether oxygens (including phenoxy) is 2. The number of aliphatic hydroxyl groups excluding tert-OH is 1. The van der Waals surface area contributed by atoms with Crippen LogP contribution in [0.5, 0.6) is 17.2 Å². The van der Waals surface area contributed by atoms with E-state index in [1.807, 2.05) is 18.2 Å². The van der Waals surface area contributed by atoms with E-state index in [1.54, 1.807) is 13.2 Å². The van der Waals surface area contributed by atoms with Crippen molar-refractivity contribution in [2.45, 2.75) is 31.8 Å². The van der Waals surface area contributed by atoms with E-state index >= 15 is 0 Å². The van der Waals surface area contributed by atoms with E-state index in [0.29, 0.717) is 5.75 Å². The normalized spacial score (nSPS) is 19.3. The number of rotatable bonds is 5. The highest BCUT2D eigenvalue weighted by atomic mass is 16.5. The topological polar surface area (TPSA) is 58.9 Å². The largest absolute Gasteiger partial charge is 0.504 e. The van der Waals surface area contributed by atoms with E-state index in [1.165, 1.54) is 11.1 Å². The summed E-state index contributed by atoms with van der Waals surface area (Å²) >= 11 is 0. The van der Waals surface area contributed by atoms with Crippen LogP contribution in [0.1, 0.15) is 42.1 Å². The van der Waals surface area contributed by atoms with Crippen LogP contribution in [-0.4, -0.2) is 23.9 Å². The molecule has 2 aromatic carbocycles. The highest BCUT2D eigenvalue weighted by Gasteiger charge is 2.32. The summed E-state index contributed by atoms with van der Waals surface area (Å²) in [6.45, 7) is 2.35. The second kappa shape index (κ2) is 6.50. The molecule has 0 bridgehead atoms. The quantitative estimate of drug-likeness (QED) is 0.886. The second-order valence-electron chi connectivity index (χ2n) is 5.96. The van der Waals surface area contributed by atoms with Gasteiger partial charge in [0.2, 0.25) is 0 Å². The van der Waals surface area contributed by atoms with Gasteiger partial charge in [-0.3, -0.25) is 0 Å². The molecule has 0 fully saturated rings. The second-order valence-corrected chi connectivity index (χ2v) is 5.96. The van der Waals surface area contributed by atoms with Crippen molar-refractivity contribution in [1.29, 1.82) is 0 Å². The zero-order chi connectivity index (χ0) is 16.4. The van der Waals surface area contributed by atoms with Gasteiger partial charge >= 0.3 is 0 Å². The molecule has 1 aliphatic heterocycles. The average Bonchev–Trinajstić information content (AvgIpc) is 2.90. The molecule has 3 rings (SSSR count). The number of aromatic hydroxyl groups is 1. The maximum Gasteiger partial charge on any atom is 0.160 e. The van der Waals surface area contributed by atoms with Crippen molar-refractivity contribution < 1.29 is 19.7 Å². The fraction of sp³-hybridized carbons (Fsp3) is 0.368. The minimum Gasteiger partial charge on any atom is -0.504 e. The number of phenols is 1. The molecule has 122 valence electrons. The monoisotopic (exact) mass is 314 g/mol. The Kier molecular flexibility index (Phi) is 4.44. The lowest BCUT2D eigenvalue weighted by molar-refractivity contribution is 0.215. The van der Waals surface area contributed by atoms with Crippen LogP contribution < -0.4 is 9.47 Å². The van der Waals surface area contributed by atoms with E-state index in [-0.39, 0.29) is 24.4 Å². The Balaban J connectivity index is 1.87. The first kappa shape index (κ1) is 15.7. The van der Waals surface area contributed by atoms with E-state index < -0.39 is 0 Å². The number of aliphatic hydroxyl groups is 1. The van der Waals surface area contributed by atoms with Crippen LogP contribution in [0.25, 0.3) is 0 Å². The first-order valence-corrected chi connectivity index (χ1v) is 7.91. The number of benzene rings is 2. The molecule has 0 radical (unpaired) electrons. The van der Waals surface area contributed by atoms with Gasteiger partial charge in [0.15, 0.2) is 11.5 Å². The zero-order valence-electron chi connectivity index (χ0n) is 13.5.